The largest absolute Gasteiger partial charge is 0.496 e. The molecule has 0 aromatic heterocycles. The maximum absolute atomic E-state index is 11.8. The molecule has 0 saturated carbocycles. The zero-order valence-electron chi connectivity index (χ0n) is 12.7. The van der Waals surface area contributed by atoms with Gasteiger partial charge >= 0.3 is 5.97 Å². The van der Waals surface area contributed by atoms with E-state index < -0.39 is 11.9 Å². The van der Waals surface area contributed by atoms with E-state index in [1.165, 1.54) is 0 Å². The molecule has 4 heteroatoms. The van der Waals surface area contributed by atoms with Gasteiger partial charge in [-0.1, -0.05) is 42.8 Å². The Morgan fingerprint density at radius 1 is 1.23 bits per heavy atom. The van der Waals surface area contributed by atoms with E-state index in [1.807, 2.05) is 37.3 Å². The number of hydrogen-bond donors (Lipinski definition) is 1. The van der Waals surface area contributed by atoms with E-state index in [2.05, 4.69) is 0 Å². The van der Waals surface area contributed by atoms with Crippen LogP contribution in [0.2, 0.25) is 5.02 Å². The monoisotopic (exact) mass is 318 g/mol. The summed E-state index contributed by atoms with van der Waals surface area (Å²) in [6, 6.07) is 13.0. The van der Waals surface area contributed by atoms with Crippen molar-refractivity contribution >= 4 is 17.6 Å². The highest BCUT2D eigenvalue weighted by Crippen LogP contribution is 2.31. The van der Waals surface area contributed by atoms with Crippen LogP contribution in [0.4, 0.5) is 0 Å². The fraction of sp³-hybridized carbons (Fsp3) is 0.278. The minimum absolute atomic E-state index is 0.374. The van der Waals surface area contributed by atoms with Crippen molar-refractivity contribution in [3.05, 3.63) is 64.2 Å². The van der Waals surface area contributed by atoms with Crippen LogP contribution in [0.25, 0.3) is 0 Å². The molecule has 0 aliphatic rings. The summed E-state index contributed by atoms with van der Waals surface area (Å²) in [5, 5.41) is 10.3. The van der Waals surface area contributed by atoms with E-state index in [1.54, 1.807) is 19.2 Å². The van der Waals surface area contributed by atoms with Gasteiger partial charge in [0.05, 0.1) is 13.0 Å². The number of ether oxygens (including phenoxy) is 1. The highest BCUT2D eigenvalue weighted by molar-refractivity contribution is 6.30. The van der Waals surface area contributed by atoms with E-state index in [0.29, 0.717) is 22.8 Å². The first-order valence-electron chi connectivity index (χ1n) is 7.19. The second-order valence-electron chi connectivity index (χ2n) is 5.15. The van der Waals surface area contributed by atoms with Gasteiger partial charge in [0.25, 0.3) is 0 Å². The molecule has 0 bridgehead atoms. The van der Waals surface area contributed by atoms with Crippen molar-refractivity contribution in [1.82, 2.24) is 0 Å². The number of carbonyl (C=O) groups is 1. The van der Waals surface area contributed by atoms with Gasteiger partial charge in [0.2, 0.25) is 0 Å². The van der Waals surface area contributed by atoms with Crippen molar-refractivity contribution in [1.29, 1.82) is 0 Å². The first-order chi connectivity index (χ1) is 10.5. The quantitative estimate of drug-likeness (QED) is 0.862. The van der Waals surface area contributed by atoms with Gasteiger partial charge in [0.1, 0.15) is 5.75 Å². The molecule has 0 radical (unpaired) electrons. The second-order valence-corrected chi connectivity index (χ2v) is 5.59. The molecule has 0 fully saturated rings. The lowest BCUT2D eigenvalue weighted by Gasteiger charge is -2.17. The Labute approximate surface area is 135 Å². The number of hydrogen-bond acceptors (Lipinski definition) is 2. The summed E-state index contributed by atoms with van der Waals surface area (Å²) < 4.78 is 5.35. The zero-order chi connectivity index (χ0) is 16.1. The summed E-state index contributed by atoms with van der Waals surface area (Å²) in [5.41, 5.74) is 2.69. The highest BCUT2D eigenvalue weighted by atomic mass is 35.5. The topological polar surface area (TPSA) is 46.5 Å². The second kappa shape index (κ2) is 7.32. The third-order valence-electron chi connectivity index (χ3n) is 3.70. The molecule has 0 spiro atoms. The molecule has 0 saturated heterocycles. The predicted octanol–water partition coefficient (Wildman–Crippen LogP) is 4.32. The summed E-state index contributed by atoms with van der Waals surface area (Å²) in [6.45, 7) is 2.04. The van der Waals surface area contributed by atoms with Gasteiger partial charge in [-0.25, -0.2) is 0 Å². The van der Waals surface area contributed by atoms with Gasteiger partial charge in [-0.15, -0.1) is 0 Å². The van der Waals surface area contributed by atoms with Crippen LogP contribution < -0.4 is 4.74 Å². The average Bonchev–Trinajstić information content (AvgIpc) is 2.51. The molecular formula is C18H19ClO3. The number of aliphatic carboxylic acids is 1. The molecule has 1 atom stereocenters. The fourth-order valence-corrected chi connectivity index (χ4v) is 2.72. The molecular weight excluding hydrogens is 300 g/mol. The van der Waals surface area contributed by atoms with Crippen molar-refractivity contribution in [2.24, 2.45) is 0 Å². The molecule has 0 heterocycles. The predicted molar refractivity (Wildman–Crippen MR) is 87.9 cm³/mol. The third-order valence-corrected chi connectivity index (χ3v) is 3.94. The minimum Gasteiger partial charge on any atom is -0.496 e. The van der Waals surface area contributed by atoms with E-state index >= 15 is 0 Å². The first kappa shape index (κ1) is 16.4. The summed E-state index contributed by atoms with van der Waals surface area (Å²) in [5.74, 6) is -0.932. The number of benzene rings is 2. The summed E-state index contributed by atoms with van der Waals surface area (Å²) in [7, 11) is 1.56. The van der Waals surface area contributed by atoms with E-state index in [4.69, 9.17) is 16.3 Å². The van der Waals surface area contributed by atoms with Crippen LogP contribution in [0.3, 0.4) is 0 Å². The standard InChI is InChI=1S/C18H19ClO3/c1-3-12-7-8-17(22-2)15(10-12)16(18(20)21)11-13-5-4-6-14(19)9-13/h4-10,16H,3,11H2,1-2H3,(H,20,21). The zero-order valence-corrected chi connectivity index (χ0v) is 13.4. The normalized spacial score (nSPS) is 12.0. The smallest absolute Gasteiger partial charge is 0.311 e. The lowest BCUT2D eigenvalue weighted by Crippen LogP contribution is -2.16. The number of aryl methyl sites for hydroxylation is 1. The molecule has 22 heavy (non-hydrogen) atoms. The Hall–Kier alpha value is -2.00. The lowest BCUT2D eigenvalue weighted by molar-refractivity contribution is -0.138. The maximum Gasteiger partial charge on any atom is 0.311 e. The number of methoxy groups -OCH3 is 1. The van der Waals surface area contributed by atoms with Crippen molar-refractivity contribution in [2.75, 3.05) is 7.11 Å². The van der Waals surface area contributed by atoms with Crippen molar-refractivity contribution in [3.63, 3.8) is 0 Å². The molecule has 0 aliphatic carbocycles. The van der Waals surface area contributed by atoms with E-state index in [9.17, 15) is 9.90 Å². The van der Waals surface area contributed by atoms with Crippen molar-refractivity contribution in [3.8, 4) is 5.75 Å². The van der Waals surface area contributed by atoms with Gasteiger partial charge in [0, 0.05) is 10.6 Å². The van der Waals surface area contributed by atoms with Crippen molar-refractivity contribution in [2.45, 2.75) is 25.7 Å². The minimum atomic E-state index is -0.869. The van der Waals surface area contributed by atoms with Gasteiger partial charge < -0.3 is 9.84 Å². The molecule has 2 aromatic rings. The molecule has 2 rings (SSSR count). The third kappa shape index (κ3) is 3.80. The molecule has 0 aliphatic heterocycles. The van der Waals surface area contributed by atoms with Crippen LogP contribution in [-0.4, -0.2) is 18.2 Å². The van der Waals surface area contributed by atoms with Crippen LogP contribution in [0.15, 0.2) is 42.5 Å². The number of halogens is 1. The van der Waals surface area contributed by atoms with Crippen LogP contribution in [-0.2, 0) is 17.6 Å². The van der Waals surface area contributed by atoms with E-state index in [0.717, 1.165) is 17.5 Å². The van der Waals surface area contributed by atoms with Gasteiger partial charge in [-0.2, -0.15) is 0 Å². The summed E-state index contributed by atoms with van der Waals surface area (Å²) in [4.78, 5) is 11.8. The van der Waals surface area contributed by atoms with Crippen LogP contribution in [0, 0.1) is 0 Å². The number of carboxylic acids is 1. The van der Waals surface area contributed by atoms with Crippen LogP contribution in [0.1, 0.15) is 29.5 Å². The first-order valence-corrected chi connectivity index (χ1v) is 7.57. The molecule has 116 valence electrons. The van der Waals surface area contributed by atoms with Gasteiger partial charge in [-0.05, 0) is 42.2 Å². The van der Waals surface area contributed by atoms with E-state index in [-0.39, 0.29) is 0 Å². The maximum atomic E-state index is 11.8. The SMILES string of the molecule is CCc1ccc(OC)c(C(Cc2cccc(Cl)c2)C(=O)O)c1. The molecule has 1 N–H and O–H groups in total. The van der Waals surface area contributed by atoms with Gasteiger partial charge in [0.15, 0.2) is 0 Å². The van der Waals surface area contributed by atoms with Crippen LogP contribution >= 0.6 is 11.6 Å². The molecule has 2 aromatic carbocycles. The fourth-order valence-electron chi connectivity index (χ4n) is 2.51. The Morgan fingerprint density at radius 2 is 2.00 bits per heavy atom. The highest BCUT2D eigenvalue weighted by Gasteiger charge is 2.24. The number of rotatable bonds is 6. The Bertz CT molecular complexity index is 667. The Morgan fingerprint density at radius 3 is 2.59 bits per heavy atom. The molecule has 1 unspecified atom stereocenters. The Kier molecular flexibility index (Phi) is 5.45. The summed E-state index contributed by atoms with van der Waals surface area (Å²) in [6.07, 6.45) is 1.22. The average molecular weight is 319 g/mol. The number of carboxylic acid groups (broad SMARTS) is 1. The van der Waals surface area contributed by atoms with Crippen molar-refractivity contribution < 1.29 is 14.6 Å². The molecule has 3 nitrogen and oxygen atoms in total. The van der Waals surface area contributed by atoms with Gasteiger partial charge in [-0.3, -0.25) is 4.79 Å². The lowest BCUT2D eigenvalue weighted by atomic mass is 9.90. The Balaban J connectivity index is 2.41. The molecule has 0 amide bonds. The van der Waals surface area contributed by atoms with Crippen LogP contribution in [0.5, 0.6) is 5.75 Å². The summed E-state index contributed by atoms with van der Waals surface area (Å²) >= 11 is 5.99.